The number of anilines is 2. The Morgan fingerprint density at radius 1 is 1.32 bits per heavy atom. The number of halogens is 1. The number of nitrogens with one attached hydrogen (secondary N) is 1. The number of nitriles is 1. The smallest absolute Gasteiger partial charge is 0.159 e. The van der Waals surface area contributed by atoms with E-state index in [1.807, 2.05) is 6.07 Å². The average Bonchev–Trinajstić information content (AvgIpc) is 2.62. The van der Waals surface area contributed by atoms with E-state index in [0.717, 1.165) is 31.6 Å². The van der Waals surface area contributed by atoms with Gasteiger partial charge in [-0.1, -0.05) is 6.07 Å². The summed E-state index contributed by atoms with van der Waals surface area (Å²) < 4.78 is 13.5. The topological polar surface area (TPSA) is 56.1 Å². The van der Waals surface area contributed by atoms with Gasteiger partial charge in [-0.05, 0) is 56.2 Å². The van der Waals surface area contributed by atoms with Crippen molar-refractivity contribution in [2.45, 2.75) is 25.8 Å². The Labute approximate surface area is 146 Å². The molecule has 0 saturated carbocycles. The zero-order valence-electron chi connectivity index (χ0n) is 14.1. The molecule has 1 heterocycles. The summed E-state index contributed by atoms with van der Waals surface area (Å²) >= 11 is 0. The second kappa shape index (κ2) is 7.35. The summed E-state index contributed by atoms with van der Waals surface area (Å²) in [6.45, 7) is 3.11. The molecule has 0 amide bonds. The first-order chi connectivity index (χ1) is 12.1. The Balaban J connectivity index is 1.78. The molecule has 1 aliphatic rings. The molecule has 1 aliphatic heterocycles. The maximum atomic E-state index is 13.5. The van der Waals surface area contributed by atoms with Crippen molar-refractivity contribution in [1.82, 2.24) is 0 Å². The predicted octanol–water partition coefficient (Wildman–Crippen LogP) is 3.98. The minimum absolute atomic E-state index is 0.0300. The molecule has 128 valence electrons. The van der Waals surface area contributed by atoms with E-state index in [2.05, 4.69) is 16.3 Å². The van der Waals surface area contributed by atoms with Gasteiger partial charge >= 0.3 is 0 Å². The number of hydrogen-bond donors (Lipinski definition) is 1. The van der Waals surface area contributed by atoms with Gasteiger partial charge in [-0.2, -0.15) is 5.26 Å². The van der Waals surface area contributed by atoms with Crippen LogP contribution in [0.1, 0.15) is 35.7 Å². The molecule has 4 nitrogen and oxygen atoms in total. The maximum absolute atomic E-state index is 13.5. The minimum atomic E-state index is -0.242. The number of nitrogens with zero attached hydrogens (tertiary/aromatic N) is 2. The zero-order valence-corrected chi connectivity index (χ0v) is 14.1. The molecule has 1 saturated heterocycles. The number of benzene rings is 2. The van der Waals surface area contributed by atoms with E-state index >= 15 is 0 Å². The number of piperidine rings is 1. The van der Waals surface area contributed by atoms with E-state index in [4.69, 9.17) is 0 Å². The molecular weight excluding hydrogens is 317 g/mol. The Bertz CT molecular complexity index is 828. The van der Waals surface area contributed by atoms with Crippen LogP contribution in [0.5, 0.6) is 0 Å². The number of carbonyl (C=O) groups excluding carboxylic acids is 1. The van der Waals surface area contributed by atoms with E-state index in [0.29, 0.717) is 16.8 Å². The van der Waals surface area contributed by atoms with Gasteiger partial charge in [0.25, 0.3) is 0 Å². The lowest BCUT2D eigenvalue weighted by Crippen LogP contribution is -2.42. The quantitative estimate of drug-likeness (QED) is 0.858. The molecule has 1 N–H and O–H groups in total. The van der Waals surface area contributed by atoms with Crippen molar-refractivity contribution >= 4 is 17.2 Å². The number of ketones is 1. The highest BCUT2D eigenvalue weighted by Crippen LogP contribution is 2.25. The summed E-state index contributed by atoms with van der Waals surface area (Å²) in [5.41, 5.74) is 2.65. The molecule has 0 spiro atoms. The lowest BCUT2D eigenvalue weighted by molar-refractivity contribution is 0.101. The second-order valence-electron chi connectivity index (χ2n) is 6.34. The van der Waals surface area contributed by atoms with Crippen LogP contribution < -0.4 is 10.2 Å². The molecule has 0 bridgehead atoms. The molecule has 0 radical (unpaired) electrons. The first kappa shape index (κ1) is 17.0. The van der Waals surface area contributed by atoms with Crippen LogP contribution in [0, 0.1) is 17.1 Å². The van der Waals surface area contributed by atoms with Crippen LogP contribution in [0.4, 0.5) is 15.8 Å². The Morgan fingerprint density at radius 3 is 2.88 bits per heavy atom. The maximum Gasteiger partial charge on any atom is 0.159 e. The number of rotatable bonds is 4. The minimum Gasteiger partial charge on any atom is -0.379 e. The number of carbonyl (C=O) groups is 1. The van der Waals surface area contributed by atoms with Crippen LogP contribution in [0.15, 0.2) is 42.5 Å². The summed E-state index contributed by atoms with van der Waals surface area (Å²) in [5.74, 6) is -0.272. The van der Waals surface area contributed by atoms with Crippen molar-refractivity contribution in [3.8, 4) is 6.07 Å². The third-order valence-corrected chi connectivity index (χ3v) is 4.50. The van der Waals surface area contributed by atoms with Crippen molar-refractivity contribution in [3.63, 3.8) is 0 Å². The normalized spacial score (nSPS) is 17.0. The van der Waals surface area contributed by atoms with Crippen LogP contribution in [0.3, 0.4) is 0 Å². The van der Waals surface area contributed by atoms with Crippen molar-refractivity contribution < 1.29 is 9.18 Å². The van der Waals surface area contributed by atoms with Gasteiger partial charge in [0, 0.05) is 30.4 Å². The molecule has 2 aromatic rings. The van der Waals surface area contributed by atoms with Gasteiger partial charge in [-0.15, -0.1) is 0 Å². The molecule has 1 unspecified atom stereocenters. The molecule has 3 rings (SSSR count). The van der Waals surface area contributed by atoms with Crippen LogP contribution in [-0.4, -0.2) is 24.9 Å². The number of hydrogen-bond acceptors (Lipinski definition) is 4. The second-order valence-corrected chi connectivity index (χ2v) is 6.34. The average molecular weight is 337 g/mol. The molecule has 1 atom stereocenters. The predicted molar refractivity (Wildman–Crippen MR) is 96.4 cm³/mol. The molecule has 1 fully saturated rings. The molecule has 2 aromatic carbocycles. The van der Waals surface area contributed by atoms with Gasteiger partial charge in [-0.3, -0.25) is 4.79 Å². The van der Waals surface area contributed by atoms with Crippen LogP contribution in [-0.2, 0) is 0 Å². The molecule has 25 heavy (non-hydrogen) atoms. The highest BCUT2D eigenvalue weighted by molar-refractivity contribution is 5.95. The van der Waals surface area contributed by atoms with Crippen molar-refractivity contribution in [1.29, 1.82) is 5.26 Å². The van der Waals surface area contributed by atoms with Crippen molar-refractivity contribution in [3.05, 3.63) is 59.4 Å². The van der Waals surface area contributed by atoms with Gasteiger partial charge in [0.2, 0.25) is 0 Å². The summed E-state index contributed by atoms with van der Waals surface area (Å²) in [6.07, 6.45) is 1.93. The molecule has 5 heteroatoms. The molecular formula is C20H20FN3O. The summed E-state index contributed by atoms with van der Waals surface area (Å²) in [7, 11) is 0. The van der Waals surface area contributed by atoms with E-state index in [1.165, 1.54) is 13.0 Å². The Hall–Kier alpha value is -2.87. The number of Topliss-reactive ketones (excluding diaryl/α,β-unsaturated/α-hetero) is 1. The lowest BCUT2D eigenvalue weighted by atomic mass is 10.0. The SMILES string of the molecule is CC(=O)c1ccc(C#N)c(NC2CCCN(c3cccc(F)c3)C2)c1. The van der Waals surface area contributed by atoms with Gasteiger partial charge in [0.15, 0.2) is 5.78 Å². The van der Waals surface area contributed by atoms with Crippen molar-refractivity contribution in [2.24, 2.45) is 0 Å². The van der Waals surface area contributed by atoms with E-state index in [-0.39, 0.29) is 17.6 Å². The van der Waals surface area contributed by atoms with Crippen LogP contribution >= 0.6 is 0 Å². The molecule has 0 aromatic heterocycles. The highest BCUT2D eigenvalue weighted by Gasteiger charge is 2.21. The Morgan fingerprint density at radius 2 is 2.16 bits per heavy atom. The first-order valence-corrected chi connectivity index (χ1v) is 8.39. The fraction of sp³-hybridized carbons (Fsp3) is 0.300. The summed E-state index contributed by atoms with van der Waals surface area (Å²) in [5, 5.41) is 12.7. The van der Waals surface area contributed by atoms with Gasteiger partial charge in [-0.25, -0.2) is 4.39 Å². The van der Waals surface area contributed by atoms with Crippen molar-refractivity contribution in [2.75, 3.05) is 23.3 Å². The zero-order chi connectivity index (χ0) is 17.8. The lowest BCUT2D eigenvalue weighted by Gasteiger charge is -2.35. The Kier molecular flexibility index (Phi) is 4.99. The van der Waals surface area contributed by atoms with E-state index in [1.54, 1.807) is 30.3 Å². The van der Waals surface area contributed by atoms with Crippen LogP contribution in [0.2, 0.25) is 0 Å². The fourth-order valence-electron chi connectivity index (χ4n) is 3.20. The third kappa shape index (κ3) is 3.97. The van der Waals surface area contributed by atoms with Gasteiger partial charge in [0.05, 0.1) is 11.3 Å². The standard InChI is InChI=1S/C20H20FN3O/c1-14(25)15-7-8-16(12-22)20(10-15)23-18-5-3-9-24(13-18)19-6-2-4-17(21)11-19/h2,4,6-8,10-11,18,23H,3,5,9,13H2,1H3. The fourth-order valence-corrected chi connectivity index (χ4v) is 3.20. The summed E-state index contributed by atoms with van der Waals surface area (Å²) in [4.78, 5) is 13.7. The monoisotopic (exact) mass is 337 g/mol. The largest absolute Gasteiger partial charge is 0.379 e. The van der Waals surface area contributed by atoms with Gasteiger partial charge < -0.3 is 10.2 Å². The third-order valence-electron chi connectivity index (χ3n) is 4.50. The molecule has 0 aliphatic carbocycles. The summed E-state index contributed by atoms with van der Waals surface area (Å²) in [6, 6.07) is 14.0. The van der Waals surface area contributed by atoms with Gasteiger partial charge in [0.1, 0.15) is 11.9 Å². The van der Waals surface area contributed by atoms with E-state index in [9.17, 15) is 14.4 Å². The first-order valence-electron chi connectivity index (χ1n) is 8.39. The van der Waals surface area contributed by atoms with Crippen LogP contribution in [0.25, 0.3) is 0 Å². The van der Waals surface area contributed by atoms with E-state index < -0.39 is 0 Å². The highest BCUT2D eigenvalue weighted by atomic mass is 19.1.